The summed E-state index contributed by atoms with van der Waals surface area (Å²) in [5, 5.41) is 3.00. The van der Waals surface area contributed by atoms with Crippen molar-refractivity contribution in [1.82, 2.24) is 5.32 Å². The molecule has 1 atom stereocenters. The topological polar surface area (TPSA) is 55.1 Å². The first-order valence-electron chi connectivity index (χ1n) is 6.41. The molecule has 104 valence electrons. The van der Waals surface area contributed by atoms with Crippen molar-refractivity contribution in [3.8, 4) is 0 Å². The second-order valence-electron chi connectivity index (χ2n) is 4.76. The van der Waals surface area contributed by atoms with E-state index in [-0.39, 0.29) is 11.9 Å². The van der Waals surface area contributed by atoms with Crippen LogP contribution >= 0.6 is 22.6 Å². The molecule has 2 aromatic carbocycles. The van der Waals surface area contributed by atoms with Gasteiger partial charge < -0.3 is 11.1 Å². The van der Waals surface area contributed by atoms with Gasteiger partial charge in [-0.15, -0.1) is 0 Å². The van der Waals surface area contributed by atoms with E-state index in [1.165, 1.54) is 0 Å². The van der Waals surface area contributed by atoms with E-state index in [2.05, 4.69) is 27.9 Å². The van der Waals surface area contributed by atoms with Crippen LogP contribution in [0.5, 0.6) is 0 Å². The van der Waals surface area contributed by atoms with Gasteiger partial charge in [0.25, 0.3) is 5.91 Å². The number of rotatable bonds is 3. The van der Waals surface area contributed by atoms with Crippen molar-refractivity contribution in [2.24, 2.45) is 0 Å². The molecule has 0 spiro atoms. The molecule has 3 N–H and O–H groups in total. The van der Waals surface area contributed by atoms with E-state index in [0.717, 1.165) is 14.7 Å². The number of aryl methyl sites for hydroxylation is 1. The Hall–Kier alpha value is -1.56. The van der Waals surface area contributed by atoms with Crippen LogP contribution in [0.4, 0.5) is 5.69 Å². The number of para-hydroxylation sites is 1. The van der Waals surface area contributed by atoms with Gasteiger partial charge >= 0.3 is 0 Å². The first-order chi connectivity index (χ1) is 9.50. The zero-order valence-corrected chi connectivity index (χ0v) is 13.6. The van der Waals surface area contributed by atoms with Crippen LogP contribution < -0.4 is 11.1 Å². The van der Waals surface area contributed by atoms with E-state index in [1.54, 1.807) is 0 Å². The van der Waals surface area contributed by atoms with Crippen LogP contribution in [0.15, 0.2) is 42.5 Å². The SMILES string of the molecule is Cc1cccc(C(=O)NC(C)c2ccccc2N)c1I. The molecule has 4 heteroatoms. The molecule has 0 saturated carbocycles. The molecule has 20 heavy (non-hydrogen) atoms. The molecule has 3 nitrogen and oxygen atoms in total. The number of hydrogen-bond donors (Lipinski definition) is 2. The third-order valence-corrected chi connectivity index (χ3v) is 4.68. The van der Waals surface area contributed by atoms with Crippen LogP contribution in [0.3, 0.4) is 0 Å². The highest BCUT2D eigenvalue weighted by Crippen LogP contribution is 2.21. The van der Waals surface area contributed by atoms with E-state index in [4.69, 9.17) is 5.73 Å². The van der Waals surface area contributed by atoms with E-state index < -0.39 is 0 Å². The summed E-state index contributed by atoms with van der Waals surface area (Å²) < 4.78 is 0.982. The Morgan fingerprint density at radius 1 is 1.20 bits per heavy atom. The van der Waals surface area contributed by atoms with E-state index in [1.807, 2.05) is 56.3 Å². The Labute approximate surface area is 132 Å². The second-order valence-corrected chi connectivity index (χ2v) is 5.84. The summed E-state index contributed by atoms with van der Waals surface area (Å²) in [5.41, 5.74) is 9.37. The highest BCUT2D eigenvalue weighted by molar-refractivity contribution is 14.1. The molecule has 2 rings (SSSR count). The van der Waals surface area contributed by atoms with Gasteiger partial charge in [0.1, 0.15) is 0 Å². The molecule has 0 aliphatic heterocycles. The average Bonchev–Trinajstić information content (AvgIpc) is 2.42. The van der Waals surface area contributed by atoms with Gasteiger partial charge in [0.2, 0.25) is 0 Å². The minimum atomic E-state index is -0.125. The summed E-state index contributed by atoms with van der Waals surface area (Å²) in [5.74, 6) is -0.0751. The van der Waals surface area contributed by atoms with E-state index in [9.17, 15) is 4.79 Å². The predicted octanol–water partition coefficient (Wildman–Crippen LogP) is 3.67. The summed E-state index contributed by atoms with van der Waals surface area (Å²) in [7, 11) is 0. The summed E-state index contributed by atoms with van der Waals surface area (Å²) in [6.45, 7) is 3.93. The van der Waals surface area contributed by atoms with Crippen LogP contribution in [-0.4, -0.2) is 5.91 Å². The Balaban J connectivity index is 2.20. The van der Waals surface area contributed by atoms with Crippen LogP contribution in [0.2, 0.25) is 0 Å². The molecule has 0 aliphatic rings. The lowest BCUT2D eigenvalue weighted by atomic mass is 10.1. The number of carbonyl (C=O) groups excluding carboxylic acids is 1. The minimum absolute atomic E-state index is 0.0751. The van der Waals surface area contributed by atoms with Crippen LogP contribution in [0.1, 0.15) is 34.5 Å². The molecular weight excluding hydrogens is 363 g/mol. The van der Waals surface area contributed by atoms with E-state index in [0.29, 0.717) is 11.3 Å². The number of nitrogen functional groups attached to an aromatic ring is 1. The standard InChI is InChI=1S/C16H17IN2O/c1-10-6-5-8-13(15(10)17)16(20)19-11(2)12-7-3-4-9-14(12)18/h3-9,11H,18H2,1-2H3,(H,19,20). The number of nitrogens with one attached hydrogen (secondary N) is 1. The van der Waals surface area contributed by atoms with Crippen LogP contribution in [-0.2, 0) is 0 Å². The Morgan fingerprint density at radius 3 is 2.60 bits per heavy atom. The number of halogens is 1. The fraction of sp³-hybridized carbons (Fsp3) is 0.188. The average molecular weight is 380 g/mol. The first-order valence-corrected chi connectivity index (χ1v) is 7.49. The first kappa shape index (κ1) is 14.8. The largest absolute Gasteiger partial charge is 0.398 e. The summed E-state index contributed by atoms with van der Waals surface area (Å²) in [6, 6.07) is 13.2. The number of nitrogens with two attached hydrogens (primary N) is 1. The molecule has 0 aromatic heterocycles. The van der Waals surface area contributed by atoms with Gasteiger partial charge in [-0.3, -0.25) is 4.79 Å². The maximum atomic E-state index is 12.4. The van der Waals surface area contributed by atoms with Crippen molar-refractivity contribution in [1.29, 1.82) is 0 Å². The minimum Gasteiger partial charge on any atom is -0.398 e. The second kappa shape index (κ2) is 6.26. The van der Waals surface area contributed by atoms with Crippen LogP contribution in [0.25, 0.3) is 0 Å². The van der Waals surface area contributed by atoms with Crippen molar-refractivity contribution in [2.75, 3.05) is 5.73 Å². The van der Waals surface area contributed by atoms with Crippen molar-refractivity contribution < 1.29 is 4.79 Å². The fourth-order valence-electron chi connectivity index (χ4n) is 2.08. The predicted molar refractivity (Wildman–Crippen MR) is 90.6 cm³/mol. The van der Waals surface area contributed by atoms with Crippen molar-refractivity contribution in [3.05, 3.63) is 62.7 Å². The maximum Gasteiger partial charge on any atom is 0.252 e. The molecule has 2 aromatic rings. The number of benzene rings is 2. The summed E-state index contributed by atoms with van der Waals surface area (Å²) >= 11 is 2.20. The monoisotopic (exact) mass is 380 g/mol. The number of anilines is 1. The molecule has 1 unspecified atom stereocenters. The quantitative estimate of drug-likeness (QED) is 0.631. The number of hydrogen-bond acceptors (Lipinski definition) is 2. The lowest BCUT2D eigenvalue weighted by Gasteiger charge is -2.17. The zero-order chi connectivity index (χ0) is 14.7. The van der Waals surface area contributed by atoms with Crippen molar-refractivity contribution in [2.45, 2.75) is 19.9 Å². The number of amides is 1. The van der Waals surface area contributed by atoms with Crippen LogP contribution in [0, 0.1) is 10.5 Å². The van der Waals surface area contributed by atoms with Crippen molar-refractivity contribution >= 4 is 34.2 Å². The molecule has 0 aliphatic carbocycles. The Kier molecular flexibility index (Phi) is 4.65. The smallest absolute Gasteiger partial charge is 0.252 e. The highest BCUT2D eigenvalue weighted by Gasteiger charge is 2.15. The number of carbonyl (C=O) groups is 1. The third kappa shape index (κ3) is 3.12. The summed E-state index contributed by atoms with van der Waals surface area (Å²) in [4.78, 5) is 12.4. The summed E-state index contributed by atoms with van der Waals surface area (Å²) in [6.07, 6.45) is 0. The third-order valence-electron chi connectivity index (χ3n) is 3.25. The van der Waals surface area contributed by atoms with E-state index >= 15 is 0 Å². The zero-order valence-electron chi connectivity index (χ0n) is 11.5. The molecule has 0 fully saturated rings. The van der Waals surface area contributed by atoms with Gasteiger partial charge in [-0.1, -0.05) is 30.3 Å². The Morgan fingerprint density at radius 2 is 1.90 bits per heavy atom. The van der Waals surface area contributed by atoms with Gasteiger partial charge in [-0.25, -0.2) is 0 Å². The fourth-order valence-corrected chi connectivity index (χ4v) is 2.68. The molecular formula is C16H17IN2O. The lowest BCUT2D eigenvalue weighted by molar-refractivity contribution is 0.0939. The maximum absolute atomic E-state index is 12.4. The molecule has 0 saturated heterocycles. The van der Waals surface area contributed by atoms with Gasteiger partial charge in [-0.2, -0.15) is 0 Å². The molecule has 1 amide bonds. The Bertz CT molecular complexity index is 640. The highest BCUT2D eigenvalue weighted by atomic mass is 127. The normalized spacial score (nSPS) is 11.9. The van der Waals surface area contributed by atoms with Gasteiger partial charge in [-0.05, 0) is 59.7 Å². The van der Waals surface area contributed by atoms with Gasteiger partial charge in [0, 0.05) is 9.26 Å². The molecule has 0 bridgehead atoms. The molecule has 0 radical (unpaired) electrons. The van der Waals surface area contributed by atoms with Gasteiger partial charge in [0.15, 0.2) is 0 Å². The molecule has 0 heterocycles. The van der Waals surface area contributed by atoms with Crippen molar-refractivity contribution in [3.63, 3.8) is 0 Å². The van der Waals surface area contributed by atoms with Gasteiger partial charge in [0.05, 0.1) is 11.6 Å². The lowest BCUT2D eigenvalue weighted by Crippen LogP contribution is -2.28.